The Balaban J connectivity index is 2.36. The zero-order chi connectivity index (χ0) is 14.0. The van der Waals surface area contributed by atoms with E-state index < -0.39 is 0 Å². The molecule has 0 aliphatic heterocycles. The molecule has 2 N–H and O–H groups in total. The average Bonchev–Trinajstić information content (AvgIpc) is 2.40. The molecule has 2 rings (SSSR count). The fourth-order valence-corrected chi connectivity index (χ4v) is 2.27. The van der Waals surface area contributed by atoms with Crippen molar-refractivity contribution in [1.29, 1.82) is 0 Å². The molecule has 0 atom stereocenters. The Labute approximate surface area is 125 Å². The summed E-state index contributed by atoms with van der Waals surface area (Å²) in [7, 11) is 1.69. The third-order valence-electron chi connectivity index (χ3n) is 2.74. The molecule has 0 unspecified atom stereocenters. The molecule has 0 heterocycles. The highest BCUT2D eigenvalue weighted by Crippen LogP contribution is 2.28. The first-order valence-electron chi connectivity index (χ1n) is 5.58. The lowest BCUT2D eigenvalue weighted by molar-refractivity contribution is 0.0993. The second kappa shape index (κ2) is 5.63. The standard InChI is InChI=1S/C14H12BrClN2O/c1-18(10-5-2-4-9(17)8-10)14(19)11-6-3-7-12(15)13(11)16/h2-8H,17H2,1H3. The van der Waals surface area contributed by atoms with Crippen LogP contribution >= 0.6 is 27.5 Å². The summed E-state index contributed by atoms with van der Waals surface area (Å²) in [4.78, 5) is 13.9. The second-order valence-corrected chi connectivity index (χ2v) is 5.29. The average molecular weight is 340 g/mol. The van der Waals surface area contributed by atoms with Crippen molar-refractivity contribution < 1.29 is 4.79 Å². The molecule has 5 heteroatoms. The number of rotatable bonds is 2. The van der Waals surface area contributed by atoms with Gasteiger partial charge >= 0.3 is 0 Å². The summed E-state index contributed by atoms with van der Waals surface area (Å²) in [6.45, 7) is 0. The fourth-order valence-electron chi connectivity index (χ4n) is 1.70. The van der Waals surface area contributed by atoms with Crippen LogP contribution in [0.5, 0.6) is 0 Å². The second-order valence-electron chi connectivity index (χ2n) is 4.06. The first-order valence-corrected chi connectivity index (χ1v) is 6.75. The summed E-state index contributed by atoms with van der Waals surface area (Å²) < 4.78 is 0.695. The van der Waals surface area contributed by atoms with Crippen LogP contribution in [0.3, 0.4) is 0 Å². The highest BCUT2D eigenvalue weighted by Gasteiger charge is 2.17. The first-order chi connectivity index (χ1) is 9.00. The van der Waals surface area contributed by atoms with E-state index in [2.05, 4.69) is 15.9 Å². The molecule has 0 aromatic heterocycles. The van der Waals surface area contributed by atoms with E-state index in [1.165, 1.54) is 4.90 Å². The van der Waals surface area contributed by atoms with Crippen LogP contribution in [0.15, 0.2) is 46.9 Å². The maximum Gasteiger partial charge on any atom is 0.259 e. The maximum absolute atomic E-state index is 12.4. The van der Waals surface area contributed by atoms with Crippen LogP contribution in [0.1, 0.15) is 10.4 Å². The summed E-state index contributed by atoms with van der Waals surface area (Å²) in [6, 6.07) is 12.4. The number of hydrogen-bond donors (Lipinski definition) is 1. The van der Waals surface area contributed by atoms with Crippen molar-refractivity contribution in [3.05, 3.63) is 57.5 Å². The minimum absolute atomic E-state index is 0.183. The van der Waals surface area contributed by atoms with Gasteiger partial charge in [0.15, 0.2) is 0 Å². The number of anilines is 2. The van der Waals surface area contributed by atoms with Crippen LogP contribution in [-0.2, 0) is 0 Å². The number of halogens is 2. The minimum atomic E-state index is -0.183. The Hall–Kier alpha value is -1.52. The van der Waals surface area contributed by atoms with Gasteiger partial charge in [0.25, 0.3) is 5.91 Å². The van der Waals surface area contributed by atoms with Gasteiger partial charge in [0.1, 0.15) is 0 Å². The third kappa shape index (κ3) is 2.91. The molecule has 98 valence electrons. The number of benzene rings is 2. The summed E-state index contributed by atoms with van der Waals surface area (Å²) in [5, 5.41) is 0.406. The molecule has 0 fully saturated rings. The number of amides is 1. The molecular weight excluding hydrogens is 328 g/mol. The normalized spacial score (nSPS) is 10.3. The van der Waals surface area contributed by atoms with Gasteiger partial charge in [-0.15, -0.1) is 0 Å². The van der Waals surface area contributed by atoms with Crippen LogP contribution in [0, 0.1) is 0 Å². The van der Waals surface area contributed by atoms with E-state index in [9.17, 15) is 4.79 Å². The molecule has 0 saturated carbocycles. The molecule has 0 radical (unpaired) electrons. The van der Waals surface area contributed by atoms with Gasteiger partial charge in [0.2, 0.25) is 0 Å². The van der Waals surface area contributed by atoms with E-state index in [-0.39, 0.29) is 5.91 Å². The van der Waals surface area contributed by atoms with Crippen LogP contribution in [0.2, 0.25) is 5.02 Å². The molecule has 3 nitrogen and oxygen atoms in total. The number of nitrogen functional groups attached to an aromatic ring is 1. The SMILES string of the molecule is CN(C(=O)c1cccc(Br)c1Cl)c1cccc(N)c1. The van der Waals surface area contributed by atoms with Gasteiger partial charge in [-0.05, 0) is 46.3 Å². The quantitative estimate of drug-likeness (QED) is 0.842. The number of carbonyl (C=O) groups is 1. The van der Waals surface area contributed by atoms with Gasteiger partial charge in [-0.2, -0.15) is 0 Å². The number of hydrogen-bond acceptors (Lipinski definition) is 2. The molecule has 1 amide bonds. The summed E-state index contributed by atoms with van der Waals surface area (Å²) >= 11 is 9.44. The molecule has 0 aliphatic carbocycles. The minimum Gasteiger partial charge on any atom is -0.399 e. The van der Waals surface area contributed by atoms with Crippen molar-refractivity contribution in [2.24, 2.45) is 0 Å². The van der Waals surface area contributed by atoms with Gasteiger partial charge in [0.05, 0.1) is 10.6 Å². The lowest BCUT2D eigenvalue weighted by atomic mass is 10.2. The fraction of sp³-hybridized carbons (Fsp3) is 0.0714. The predicted molar refractivity (Wildman–Crippen MR) is 82.7 cm³/mol. The molecule has 0 aliphatic rings. The number of carbonyl (C=O) groups excluding carboxylic acids is 1. The van der Waals surface area contributed by atoms with Crippen LogP contribution in [0.25, 0.3) is 0 Å². The lowest BCUT2D eigenvalue weighted by Gasteiger charge is -2.18. The van der Waals surface area contributed by atoms with E-state index in [1.54, 1.807) is 43.4 Å². The van der Waals surface area contributed by atoms with Crippen LogP contribution in [0.4, 0.5) is 11.4 Å². The van der Waals surface area contributed by atoms with E-state index >= 15 is 0 Å². The Morgan fingerprint density at radius 3 is 2.63 bits per heavy atom. The van der Waals surface area contributed by atoms with Gasteiger partial charge in [0, 0.05) is 22.9 Å². The maximum atomic E-state index is 12.4. The van der Waals surface area contributed by atoms with E-state index in [4.69, 9.17) is 17.3 Å². The molecule has 2 aromatic rings. The van der Waals surface area contributed by atoms with Crippen LogP contribution < -0.4 is 10.6 Å². The van der Waals surface area contributed by atoms with E-state index in [0.717, 1.165) is 5.69 Å². The van der Waals surface area contributed by atoms with Crippen molar-refractivity contribution in [2.75, 3.05) is 17.7 Å². The predicted octanol–water partition coefficient (Wildman–Crippen LogP) is 3.96. The smallest absolute Gasteiger partial charge is 0.259 e. The van der Waals surface area contributed by atoms with Crippen molar-refractivity contribution in [2.45, 2.75) is 0 Å². The van der Waals surface area contributed by atoms with Crippen molar-refractivity contribution in [3.8, 4) is 0 Å². The lowest BCUT2D eigenvalue weighted by Crippen LogP contribution is -2.26. The summed E-state index contributed by atoms with van der Waals surface area (Å²) in [5.74, 6) is -0.183. The summed E-state index contributed by atoms with van der Waals surface area (Å²) in [6.07, 6.45) is 0. The zero-order valence-electron chi connectivity index (χ0n) is 10.2. The molecule has 0 bridgehead atoms. The largest absolute Gasteiger partial charge is 0.399 e. The van der Waals surface area contributed by atoms with Crippen LogP contribution in [-0.4, -0.2) is 13.0 Å². The van der Waals surface area contributed by atoms with Crippen molar-refractivity contribution >= 4 is 44.8 Å². The number of nitrogens with two attached hydrogens (primary N) is 1. The molecular formula is C14H12BrClN2O. The Kier molecular flexibility index (Phi) is 4.12. The molecule has 2 aromatic carbocycles. The highest BCUT2D eigenvalue weighted by atomic mass is 79.9. The van der Waals surface area contributed by atoms with Crippen molar-refractivity contribution in [1.82, 2.24) is 0 Å². The third-order valence-corrected chi connectivity index (χ3v) is 4.04. The Bertz CT molecular complexity index is 631. The van der Waals surface area contributed by atoms with Gasteiger partial charge in [-0.25, -0.2) is 0 Å². The van der Waals surface area contributed by atoms with Gasteiger partial charge < -0.3 is 10.6 Å². The number of nitrogens with zero attached hydrogens (tertiary/aromatic N) is 1. The van der Waals surface area contributed by atoms with E-state index in [1.807, 2.05) is 6.07 Å². The first kappa shape index (κ1) is 13.9. The summed E-state index contributed by atoms with van der Waals surface area (Å²) in [5.41, 5.74) is 7.50. The van der Waals surface area contributed by atoms with Crippen molar-refractivity contribution in [3.63, 3.8) is 0 Å². The van der Waals surface area contributed by atoms with E-state index in [0.29, 0.717) is 20.7 Å². The molecule has 0 saturated heterocycles. The Morgan fingerprint density at radius 1 is 1.26 bits per heavy atom. The monoisotopic (exact) mass is 338 g/mol. The molecule has 19 heavy (non-hydrogen) atoms. The highest BCUT2D eigenvalue weighted by molar-refractivity contribution is 9.10. The zero-order valence-corrected chi connectivity index (χ0v) is 12.6. The van der Waals surface area contributed by atoms with Gasteiger partial charge in [-0.3, -0.25) is 4.79 Å². The van der Waals surface area contributed by atoms with Gasteiger partial charge in [-0.1, -0.05) is 23.7 Å². The Morgan fingerprint density at radius 2 is 1.95 bits per heavy atom. The topological polar surface area (TPSA) is 46.3 Å². The molecule has 0 spiro atoms.